The van der Waals surface area contributed by atoms with E-state index in [0.29, 0.717) is 18.2 Å². The molecule has 0 aromatic heterocycles. The number of rotatable bonds is 4. The smallest absolute Gasteiger partial charge is 0.0674 e. The Morgan fingerprint density at radius 3 is 2.59 bits per heavy atom. The van der Waals surface area contributed by atoms with E-state index in [1.165, 1.54) is 6.42 Å². The first-order valence-corrected chi connectivity index (χ1v) is 6.96. The Morgan fingerprint density at radius 1 is 1.41 bits per heavy atom. The van der Waals surface area contributed by atoms with Crippen molar-refractivity contribution in [2.75, 3.05) is 19.7 Å². The van der Waals surface area contributed by atoms with Crippen LogP contribution in [0.5, 0.6) is 0 Å². The van der Waals surface area contributed by atoms with Gasteiger partial charge >= 0.3 is 0 Å². The molecule has 0 aliphatic carbocycles. The van der Waals surface area contributed by atoms with Crippen LogP contribution in [0.2, 0.25) is 0 Å². The Balaban J connectivity index is 2.49. The van der Waals surface area contributed by atoms with Crippen LogP contribution in [0.3, 0.4) is 0 Å². The molecule has 102 valence electrons. The summed E-state index contributed by atoms with van der Waals surface area (Å²) in [4.78, 5) is 2.60. The van der Waals surface area contributed by atoms with Gasteiger partial charge in [-0.3, -0.25) is 4.90 Å². The summed E-state index contributed by atoms with van der Waals surface area (Å²) >= 11 is 0. The molecular weight excluding hydrogens is 212 g/mol. The van der Waals surface area contributed by atoms with E-state index in [1.54, 1.807) is 0 Å². The van der Waals surface area contributed by atoms with Crippen LogP contribution < -0.4 is 5.32 Å². The van der Waals surface area contributed by atoms with Gasteiger partial charge in [0.25, 0.3) is 0 Å². The molecule has 3 atom stereocenters. The largest absolute Gasteiger partial charge is 0.376 e. The van der Waals surface area contributed by atoms with Crippen molar-refractivity contribution in [1.82, 2.24) is 10.2 Å². The van der Waals surface area contributed by atoms with Crippen LogP contribution >= 0.6 is 0 Å². The maximum atomic E-state index is 5.75. The number of hydrogen-bond acceptors (Lipinski definition) is 3. The lowest BCUT2D eigenvalue weighted by molar-refractivity contribution is -0.0699. The van der Waals surface area contributed by atoms with Crippen LogP contribution in [0.25, 0.3) is 0 Å². The normalized spacial score (nSPS) is 29.3. The summed E-state index contributed by atoms with van der Waals surface area (Å²) in [6.45, 7) is 16.4. The van der Waals surface area contributed by atoms with Crippen molar-refractivity contribution in [3.05, 3.63) is 0 Å². The highest BCUT2D eigenvalue weighted by Gasteiger charge is 2.29. The molecule has 1 heterocycles. The minimum atomic E-state index is 0.202. The molecule has 0 aromatic rings. The molecule has 3 heteroatoms. The van der Waals surface area contributed by atoms with E-state index in [0.717, 1.165) is 19.7 Å². The van der Waals surface area contributed by atoms with Crippen LogP contribution in [0, 0.1) is 0 Å². The van der Waals surface area contributed by atoms with E-state index in [1.807, 2.05) is 0 Å². The fourth-order valence-electron chi connectivity index (χ4n) is 2.33. The third-order valence-corrected chi connectivity index (χ3v) is 3.48. The van der Waals surface area contributed by atoms with Gasteiger partial charge in [-0.2, -0.15) is 0 Å². The summed E-state index contributed by atoms with van der Waals surface area (Å²) in [7, 11) is 0. The number of hydrogen-bond donors (Lipinski definition) is 1. The van der Waals surface area contributed by atoms with E-state index < -0.39 is 0 Å². The summed E-state index contributed by atoms with van der Waals surface area (Å²) in [5.41, 5.74) is 0.202. The number of nitrogens with zero attached hydrogens (tertiary/aromatic N) is 1. The van der Waals surface area contributed by atoms with Crippen molar-refractivity contribution in [2.24, 2.45) is 0 Å². The summed E-state index contributed by atoms with van der Waals surface area (Å²) in [6, 6.07) is 1.16. The lowest BCUT2D eigenvalue weighted by Gasteiger charge is -2.42. The topological polar surface area (TPSA) is 24.5 Å². The molecule has 1 N–H and O–H groups in total. The van der Waals surface area contributed by atoms with Crippen LogP contribution in [0.4, 0.5) is 0 Å². The predicted octanol–water partition coefficient (Wildman–Crippen LogP) is 2.26. The van der Waals surface area contributed by atoms with Crippen molar-refractivity contribution < 1.29 is 4.74 Å². The van der Waals surface area contributed by atoms with Crippen molar-refractivity contribution >= 4 is 0 Å². The average Bonchev–Trinajstić information content (AvgIpc) is 2.25. The predicted molar refractivity (Wildman–Crippen MR) is 73.4 cm³/mol. The highest BCUT2D eigenvalue weighted by atomic mass is 16.5. The SMILES string of the molecule is CCC1COC(C)CN1C(C)CNC(C)(C)C. The van der Waals surface area contributed by atoms with E-state index >= 15 is 0 Å². The van der Waals surface area contributed by atoms with E-state index in [4.69, 9.17) is 4.74 Å². The van der Waals surface area contributed by atoms with Gasteiger partial charge in [0.15, 0.2) is 0 Å². The minimum absolute atomic E-state index is 0.202. The molecular formula is C14H30N2O. The van der Waals surface area contributed by atoms with Gasteiger partial charge in [0, 0.05) is 30.7 Å². The quantitative estimate of drug-likeness (QED) is 0.818. The maximum Gasteiger partial charge on any atom is 0.0674 e. The third kappa shape index (κ3) is 4.94. The average molecular weight is 242 g/mol. The Bertz CT molecular complexity index is 225. The summed E-state index contributed by atoms with van der Waals surface area (Å²) in [5, 5.41) is 3.60. The van der Waals surface area contributed by atoms with Crippen molar-refractivity contribution in [3.63, 3.8) is 0 Å². The van der Waals surface area contributed by atoms with E-state index in [-0.39, 0.29) is 5.54 Å². The zero-order chi connectivity index (χ0) is 13.1. The second kappa shape index (κ2) is 6.17. The molecule has 0 radical (unpaired) electrons. The van der Waals surface area contributed by atoms with Gasteiger partial charge in [-0.15, -0.1) is 0 Å². The molecule has 1 aliphatic heterocycles. The number of ether oxygens (including phenoxy) is 1. The molecule has 0 spiro atoms. The van der Waals surface area contributed by atoms with Gasteiger partial charge in [-0.25, -0.2) is 0 Å². The fraction of sp³-hybridized carbons (Fsp3) is 1.00. The molecule has 1 fully saturated rings. The molecule has 1 saturated heterocycles. The second-order valence-electron chi connectivity index (χ2n) is 6.38. The molecule has 3 nitrogen and oxygen atoms in total. The van der Waals surface area contributed by atoms with Crippen molar-refractivity contribution in [2.45, 2.75) is 71.7 Å². The highest BCUT2D eigenvalue weighted by Crippen LogP contribution is 2.17. The van der Waals surface area contributed by atoms with Gasteiger partial charge in [0.1, 0.15) is 0 Å². The lowest BCUT2D eigenvalue weighted by atomic mass is 10.1. The Kier molecular flexibility index (Phi) is 5.42. The van der Waals surface area contributed by atoms with Gasteiger partial charge in [0.2, 0.25) is 0 Å². The fourth-order valence-corrected chi connectivity index (χ4v) is 2.33. The molecule has 1 aliphatic rings. The van der Waals surface area contributed by atoms with Crippen LogP contribution in [-0.2, 0) is 4.74 Å². The van der Waals surface area contributed by atoms with Crippen LogP contribution in [0.15, 0.2) is 0 Å². The van der Waals surface area contributed by atoms with Gasteiger partial charge < -0.3 is 10.1 Å². The Labute approximate surface area is 107 Å². The summed E-state index contributed by atoms with van der Waals surface area (Å²) in [6.07, 6.45) is 1.54. The molecule has 0 amide bonds. The molecule has 17 heavy (non-hydrogen) atoms. The molecule has 3 unspecified atom stereocenters. The molecule has 1 rings (SSSR count). The van der Waals surface area contributed by atoms with Crippen LogP contribution in [0.1, 0.15) is 48.0 Å². The van der Waals surface area contributed by atoms with Crippen molar-refractivity contribution in [3.8, 4) is 0 Å². The number of morpholine rings is 1. The zero-order valence-electron chi connectivity index (χ0n) is 12.4. The summed E-state index contributed by atoms with van der Waals surface area (Å²) in [5.74, 6) is 0. The first-order chi connectivity index (χ1) is 7.83. The van der Waals surface area contributed by atoms with Gasteiger partial charge in [0.05, 0.1) is 12.7 Å². The van der Waals surface area contributed by atoms with E-state index in [2.05, 4.69) is 51.8 Å². The van der Waals surface area contributed by atoms with E-state index in [9.17, 15) is 0 Å². The van der Waals surface area contributed by atoms with Crippen LogP contribution in [-0.4, -0.2) is 48.3 Å². The monoisotopic (exact) mass is 242 g/mol. The summed E-state index contributed by atoms with van der Waals surface area (Å²) < 4.78 is 5.75. The lowest BCUT2D eigenvalue weighted by Crippen LogP contribution is -2.56. The first kappa shape index (κ1) is 14.9. The van der Waals surface area contributed by atoms with Gasteiger partial charge in [-0.05, 0) is 41.0 Å². The Hall–Kier alpha value is -0.120. The zero-order valence-corrected chi connectivity index (χ0v) is 12.4. The third-order valence-electron chi connectivity index (χ3n) is 3.48. The van der Waals surface area contributed by atoms with Crippen molar-refractivity contribution in [1.29, 1.82) is 0 Å². The first-order valence-electron chi connectivity index (χ1n) is 6.96. The Morgan fingerprint density at radius 2 is 2.06 bits per heavy atom. The molecule has 0 saturated carbocycles. The maximum absolute atomic E-state index is 5.75. The molecule has 0 aromatic carbocycles. The second-order valence-corrected chi connectivity index (χ2v) is 6.38. The van der Waals surface area contributed by atoms with Gasteiger partial charge in [-0.1, -0.05) is 6.92 Å². The minimum Gasteiger partial charge on any atom is -0.376 e. The standard InChI is InChI=1S/C14H30N2O/c1-7-13-10-17-12(3)9-16(13)11(2)8-15-14(4,5)6/h11-13,15H,7-10H2,1-6H3. The highest BCUT2D eigenvalue weighted by molar-refractivity contribution is 4.84. The number of nitrogens with one attached hydrogen (secondary N) is 1. The molecule has 0 bridgehead atoms.